The predicted octanol–water partition coefficient (Wildman–Crippen LogP) is 7.48. The second-order valence-corrected chi connectivity index (χ2v) is 17.9. The van der Waals surface area contributed by atoms with Gasteiger partial charge >= 0.3 is 5.97 Å². The third-order valence-corrected chi connectivity index (χ3v) is 15.4. The van der Waals surface area contributed by atoms with Gasteiger partial charge in [-0.15, -0.1) is 0 Å². The fourth-order valence-electron chi connectivity index (χ4n) is 12.4. The Balaban J connectivity index is 1.16. The number of allylic oxidation sites excluding steroid dienone is 2. The molecule has 4 saturated carbocycles. The molecular weight excluding hydrogens is 562 g/mol. The van der Waals surface area contributed by atoms with E-state index in [1.54, 1.807) is 6.20 Å². The molecule has 5 fully saturated rings. The molecule has 1 aliphatic heterocycles. The molecule has 6 nitrogen and oxygen atoms in total. The van der Waals surface area contributed by atoms with Gasteiger partial charge in [-0.3, -0.25) is 14.6 Å². The van der Waals surface area contributed by atoms with Crippen molar-refractivity contribution >= 4 is 11.8 Å². The van der Waals surface area contributed by atoms with E-state index in [1.165, 1.54) is 12.0 Å². The summed E-state index contributed by atoms with van der Waals surface area (Å²) in [7, 11) is 0. The first-order chi connectivity index (χ1) is 21.1. The number of carbonyl (C=O) groups excluding carboxylic acids is 2. The lowest BCUT2D eigenvalue weighted by molar-refractivity contribution is -0.199. The van der Waals surface area contributed by atoms with Crippen LogP contribution in [0.1, 0.15) is 112 Å². The zero-order valence-electron chi connectivity index (χ0n) is 28.7. The minimum atomic E-state index is -0.634. The zero-order chi connectivity index (χ0) is 32.2. The van der Waals surface area contributed by atoms with Gasteiger partial charge in [-0.25, -0.2) is 0 Å². The molecule has 1 aromatic rings. The molecule has 0 aromatic carbocycles. The van der Waals surface area contributed by atoms with E-state index in [2.05, 4.69) is 59.5 Å². The number of aliphatic hydroxyl groups is 1. The van der Waals surface area contributed by atoms with Crippen LogP contribution in [-0.4, -0.2) is 40.8 Å². The lowest BCUT2D eigenvalue weighted by Gasteiger charge is -2.70. The van der Waals surface area contributed by atoms with Crippen molar-refractivity contribution in [3.8, 4) is 0 Å². The molecule has 246 valence electrons. The molecule has 5 aliphatic carbocycles. The molecule has 45 heavy (non-hydrogen) atoms. The summed E-state index contributed by atoms with van der Waals surface area (Å²) in [4.78, 5) is 32.6. The number of hydrogen-bond donors (Lipinski definition) is 1. The van der Waals surface area contributed by atoms with Crippen molar-refractivity contribution in [2.24, 2.45) is 56.2 Å². The van der Waals surface area contributed by atoms with Crippen molar-refractivity contribution in [1.29, 1.82) is 0 Å². The summed E-state index contributed by atoms with van der Waals surface area (Å²) in [5, 5.41) is 10.2. The Labute approximate surface area is 270 Å². The first-order valence-corrected chi connectivity index (χ1v) is 17.8. The van der Waals surface area contributed by atoms with Crippen LogP contribution in [-0.2, 0) is 25.5 Å². The van der Waals surface area contributed by atoms with Crippen LogP contribution >= 0.6 is 0 Å². The largest absolute Gasteiger partial charge is 0.465 e. The van der Waals surface area contributed by atoms with Gasteiger partial charge in [-0.2, -0.15) is 0 Å². The highest BCUT2D eigenvalue weighted by molar-refractivity contribution is 5.95. The minimum absolute atomic E-state index is 0.0452. The van der Waals surface area contributed by atoms with Gasteiger partial charge in [0, 0.05) is 24.2 Å². The van der Waals surface area contributed by atoms with E-state index in [4.69, 9.17) is 9.47 Å². The van der Waals surface area contributed by atoms with Crippen molar-refractivity contribution in [2.75, 3.05) is 6.61 Å². The van der Waals surface area contributed by atoms with E-state index >= 15 is 0 Å². The van der Waals surface area contributed by atoms with E-state index in [9.17, 15) is 14.7 Å². The number of aromatic nitrogens is 1. The van der Waals surface area contributed by atoms with E-state index in [-0.39, 0.29) is 62.3 Å². The molecule has 0 bridgehead atoms. The lowest BCUT2D eigenvalue weighted by atomic mass is 9.33. The molecule has 7 rings (SSSR count). The predicted molar refractivity (Wildman–Crippen MR) is 173 cm³/mol. The van der Waals surface area contributed by atoms with Gasteiger partial charge in [-0.05, 0) is 120 Å². The van der Waals surface area contributed by atoms with Crippen molar-refractivity contribution in [3.05, 3.63) is 41.7 Å². The number of fused-ring (bicyclic) bond motifs is 7. The molecule has 2 unspecified atom stereocenters. The van der Waals surface area contributed by atoms with Crippen LogP contribution in [0.5, 0.6) is 0 Å². The van der Waals surface area contributed by atoms with Crippen LogP contribution in [0, 0.1) is 56.2 Å². The Morgan fingerprint density at radius 1 is 0.978 bits per heavy atom. The number of carbonyl (C=O) groups is 2. The van der Waals surface area contributed by atoms with Crippen LogP contribution in [0.3, 0.4) is 0 Å². The minimum Gasteiger partial charge on any atom is -0.465 e. The Hall–Kier alpha value is -2.05. The Morgan fingerprint density at radius 3 is 2.38 bits per heavy atom. The van der Waals surface area contributed by atoms with Gasteiger partial charge in [-0.1, -0.05) is 60.1 Å². The summed E-state index contributed by atoms with van der Waals surface area (Å²) < 4.78 is 11.5. The topological polar surface area (TPSA) is 89.0 Å². The third-order valence-electron chi connectivity index (χ3n) is 15.4. The molecule has 1 saturated heterocycles. The van der Waals surface area contributed by atoms with E-state index in [0.29, 0.717) is 24.7 Å². The monoisotopic (exact) mass is 617 g/mol. The normalized spacial score (nSPS) is 48.2. The number of ether oxygens (including phenoxy) is 2. The molecular formula is C39H55NO5. The third kappa shape index (κ3) is 4.50. The maximum absolute atomic E-state index is 14.7. The number of nitrogens with zero attached hydrogens (tertiary/aromatic N) is 1. The number of esters is 1. The Bertz CT molecular complexity index is 1410. The van der Waals surface area contributed by atoms with Crippen LogP contribution in [0.2, 0.25) is 0 Å². The number of epoxide rings is 1. The standard InChI is InChI=1S/C39H55NO5/c1-34(2)25(32(42)44-21-13-24-10-8-9-20-40-24)11-14-37(5)29(34)12-15-39(7)30(37)28(41)22-26-27-23-36(4,31-33(43)45-31)17-16-35(27,3)18-19-38(26,39)6/h8-10,20,22,25,27,29-31,33,43H,11-19,21,23H2,1-7H3/t25-,27+,29+,30-,31?,33?,35-,36+,37+,38-,39-/m1/s1. The van der Waals surface area contributed by atoms with Crippen molar-refractivity contribution in [3.63, 3.8) is 0 Å². The molecule has 0 radical (unpaired) electrons. The number of ketones is 1. The molecule has 6 heteroatoms. The van der Waals surface area contributed by atoms with Crippen molar-refractivity contribution in [1.82, 2.24) is 4.98 Å². The quantitative estimate of drug-likeness (QED) is 0.272. The second-order valence-electron chi connectivity index (χ2n) is 17.9. The molecule has 1 aromatic heterocycles. The van der Waals surface area contributed by atoms with E-state index in [1.807, 2.05) is 18.2 Å². The maximum atomic E-state index is 14.7. The molecule has 0 amide bonds. The number of hydrogen-bond acceptors (Lipinski definition) is 6. The fraction of sp³-hybridized carbons (Fsp3) is 0.769. The van der Waals surface area contributed by atoms with Gasteiger partial charge < -0.3 is 14.6 Å². The van der Waals surface area contributed by atoms with Crippen LogP contribution in [0.25, 0.3) is 0 Å². The second kappa shape index (κ2) is 10.2. The van der Waals surface area contributed by atoms with Gasteiger partial charge in [0.05, 0.1) is 12.5 Å². The number of pyridine rings is 1. The smallest absolute Gasteiger partial charge is 0.309 e. The van der Waals surface area contributed by atoms with Gasteiger partial charge in [0.1, 0.15) is 6.10 Å². The first-order valence-electron chi connectivity index (χ1n) is 17.8. The number of rotatable bonds is 5. The Kier molecular flexibility index (Phi) is 7.17. The van der Waals surface area contributed by atoms with Crippen molar-refractivity contribution in [2.45, 2.75) is 125 Å². The molecule has 11 atom stereocenters. The Morgan fingerprint density at radius 2 is 1.69 bits per heavy atom. The first kappa shape index (κ1) is 31.5. The summed E-state index contributed by atoms with van der Waals surface area (Å²) in [6, 6.07) is 5.83. The summed E-state index contributed by atoms with van der Waals surface area (Å²) in [6.45, 7) is 17.0. The SMILES string of the molecule is CC1(C)[C@@H](C(=O)OCCc2ccccn2)CC[C@]2(C)[C@H]3C(=O)C=C4[C@@H]5C[C@@](C)(C6OC6O)CC[C@]5(C)CC[C@@]4(C)[C@]3(C)CC[C@@H]12. The fourth-order valence-corrected chi connectivity index (χ4v) is 12.4. The highest BCUT2D eigenvalue weighted by atomic mass is 16.7. The van der Waals surface area contributed by atoms with Gasteiger partial charge in [0.2, 0.25) is 0 Å². The summed E-state index contributed by atoms with van der Waals surface area (Å²) in [5.74, 6) is 0.626. The zero-order valence-corrected chi connectivity index (χ0v) is 28.7. The van der Waals surface area contributed by atoms with E-state index < -0.39 is 6.29 Å². The summed E-state index contributed by atoms with van der Waals surface area (Å²) in [6.07, 6.45) is 13.0. The molecule has 1 N–H and O–H groups in total. The van der Waals surface area contributed by atoms with Gasteiger partial charge in [0.25, 0.3) is 0 Å². The van der Waals surface area contributed by atoms with Crippen LogP contribution < -0.4 is 0 Å². The summed E-state index contributed by atoms with van der Waals surface area (Å²) >= 11 is 0. The highest BCUT2D eigenvalue weighted by Crippen LogP contribution is 2.75. The highest BCUT2D eigenvalue weighted by Gasteiger charge is 2.71. The average molecular weight is 618 g/mol. The lowest BCUT2D eigenvalue weighted by Crippen LogP contribution is -2.66. The van der Waals surface area contributed by atoms with E-state index in [0.717, 1.165) is 57.1 Å². The average Bonchev–Trinajstić information content (AvgIpc) is 3.72. The number of aliphatic hydroxyl groups excluding tert-OH is 1. The maximum Gasteiger partial charge on any atom is 0.309 e. The van der Waals surface area contributed by atoms with Crippen molar-refractivity contribution < 1.29 is 24.2 Å². The summed E-state index contributed by atoms with van der Waals surface area (Å²) in [5.41, 5.74) is 1.86. The van der Waals surface area contributed by atoms with Crippen LogP contribution in [0.15, 0.2) is 36.0 Å². The molecule has 6 aliphatic rings. The molecule has 0 spiro atoms. The molecule has 2 heterocycles. The van der Waals surface area contributed by atoms with Crippen LogP contribution in [0.4, 0.5) is 0 Å². The van der Waals surface area contributed by atoms with Gasteiger partial charge in [0.15, 0.2) is 12.1 Å².